The normalized spacial score (nSPS) is 16.4. The van der Waals surface area contributed by atoms with Crippen LogP contribution >= 0.6 is 0 Å². The lowest BCUT2D eigenvalue weighted by Gasteiger charge is -2.26. The van der Waals surface area contributed by atoms with E-state index in [1.807, 2.05) is 6.92 Å². The highest BCUT2D eigenvalue weighted by atomic mass is 32.2. The Balaban J connectivity index is 2.20. The Morgan fingerprint density at radius 1 is 1.23 bits per heavy atom. The number of benzene rings is 1. The number of allylic oxidation sites excluding steroid dienone is 1. The topological polar surface area (TPSA) is 111 Å². The number of ether oxygens (including phenoxy) is 1. The molecule has 1 aromatic carbocycles. The molecule has 0 radical (unpaired) electrons. The van der Waals surface area contributed by atoms with Crippen LogP contribution in [0.5, 0.6) is 5.75 Å². The Bertz CT molecular complexity index is 1370. The number of sulfonamides is 1. The minimum absolute atomic E-state index is 0.0552. The number of alkyl halides is 2. The lowest BCUT2D eigenvalue weighted by molar-refractivity contribution is -0.112. The molecule has 1 aromatic heterocycles. The van der Waals surface area contributed by atoms with Gasteiger partial charge in [0.1, 0.15) is 5.82 Å². The van der Waals surface area contributed by atoms with E-state index >= 15 is 0 Å². The van der Waals surface area contributed by atoms with Crippen LogP contribution in [-0.2, 0) is 14.8 Å². The molecule has 1 aliphatic rings. The predicted molar refractivity (Wildman–Crippen MR) is 151 cm³/mol. The fourth-order valence-corrected chi connectivity index (χ4v) is 5.51. The molecule has 2 atom stereocenters. The number of primary amides is 1. The second-order valence-electron chi connectivity index (χ2n) is 11.4. The molecular formula is C29H38F3N3O4S. The largest absolute Gasteiger partial charge is 0.432 e. The van der Waals surface area contributed by atoms with Gasteiger partial charge in [-0.2, -0.15) is 8.78 Å². The number of aromatic nitrogens is 1. The SMILES string of the molecule is CCC(CC(C)C1CC1)C(=C(C(N)=O)c1cc(F)c(OC(F)F)cc1C)c1ccc(NS(=O)(=O)C(C)(C)C)nc1. The summed E-state index contributed by atoms with van der Waals surface area (Å²) >= 11 is 0. The zero-order chi connectivity index (χ0) is 30.0. The standard InChI is InChI=1S/C29H38F3N3O4S/c1-7-18(12-16(2)19-8-9-19)25(20-10-11-24(34-15-20)35-40(37,38)29(4,5)6)26(27(33)36)21-14-22(30)23(13-17(21)3)39-28(31)32/h10-11,13-16,18-19,28H,7-9,12H2,1-6H3,(H2,33,36)(H,34,35). The molecule has 1 saturated carbocycles. The molecule has 1 aliphatic carbocycles. The van der Waals surface area contributed by atoms with Crippen LogP contribution in [0.1, 0.15) is 77.0 Å². The number of pyridine rings is 1. The Hall–Kier alpha value is -3.08. The number of amides is 1. The third kappa shape index (κ3) is 7.35. The van der Waals surface area contributed by atoms with Gasteiger partial charge >= 0.3 is 6.61 Å². The highest BCUT2D eigenvalue weighted by Gasteiger charge is 2.33. The molecule has 1 heterocycles. The average molecular weight is 582 g/mol. The molecule has 3 rings (SSSR count). The maximum atomic E-state index is 14.9. The number of aryl methyl sites for hydroxylation is 1. The van der Waals surface area contributed by atoms with Crippen molar-refractivity contribution in [3.8, 4) is 5.75 Å². The minimum Gasteiger partial charge on any atom is -0.432 e. The zero-order valence-electron chi connectivity index (χ0n) is 23.7. The number of nitrogens with one attached hydrogen (secondary N) is 1. The van der Waals surface area contributed by atoms with Crippen LogP contribution in [0, 0.1) is 30.5 Å². The van der Waals surface area contributed by atoms with Crippen LogP contribution in [0.3, 0.4) is 0 Å². The summed E-state index contributed by atoms with van der Waals surface area (Å²) in [6, 6.07) is 5.26. The van der Waals surface area contributed by atoms with Crippen LogP contribution in [-0.4, -0.2) is 30.7 Å². The summed E-state index contributed by atoms with van der Waals surface area (Å²) in [5.41, 5.74) is 7.54. The van der Waals surface area contributed by atoms with E-state index < -0.39 is 38.9 Å². The first-order valence-electron chi connectivity index (χ1n) is 13.3. The number of halogens is 3. The van der Waals surface area contributed by atoms with Gasteiger partial charge in [0.25, 0.3) is 0 Å². The molecule has 1 amide bonds. The second-order valence-corrected chi connectivity index (χ2v) is 13.9. The molecule has 11 heteroatoms. The van der Waals surface area contributed by atoms with Gasteiger partial charge in [-0.1, -0.05) is 13.8 Å². The monoisotopic (exact) mass is 581 g/mol. The minimum atomic E-state index is -3.72. The number of hydrogen-bond donors (Lipinski definition) is 2. The third-order valence-corrected chi connectivity index (χ3v) is 9.47. The molecule has 220 valence electrons. The smallest absolute Gasteiger partial charge is 0.387 e. The van der Waals surface area contributed by atoms with Gasteiger partial charge in [0.2, 0.25) is 15.9 Å². The molecule has 0 aliphatic heterocycles. The number of hydrogen-bond acceptors (Lipinski definition) is 5. The van der Waals surface area contributed by atoms with Crippen LogP contribution < -0.4 is 15.2 Å². The Labute approximate surface area is 234 Å². The molecule has 0 spiro atoms. The summed E-state index contributed by atoms with van der Waals surface area (Å²) in [6.07, 6.45) is 5.11. The Morgan fingerprint density at radius 3 is 2.35 bits per heavy atom. The molecule has 2 unspecified atom stereocenters. The maximum absolute atomic E-state index is 14.9. The third-order valence-electron chi connectivity index (χ3n) is 7.38. The van der Waals surface area contributed by atoms with E-state index in [1.165, 1.54) is 12.3 Å². The van der Waals surface area contributed by atoms with E-state index in [0.717, 1.165) is 31.4 Å². The van der Waals surface area contributed by atoms with Gasteiger partial charge < -0.3 is 10.5 Å². The van der Waals surface area contributed by atoms with Gasteiger partial charge in [-0.15, -0.1) is 0 Å². The number of rotatable bonds is 12. The zero-order valence-corrected chi connectivity index (χ0v) is 24.5. The fraction of sp³-hybridized carbons (Fsp3) is 0.517. The summed E-state index contributed by atoms with van der Waals surface area (Å²) in [4.78, 5) is 17.3. The molecule has 40 heavy (non-hydrogen) atoms. The van der Waals surface area contributed by atoms with Crippen molar-refractivity contribution in [2.75, 3.05) is 4.72 Å². The van der Waals surface area contributed by atoms with E-state index in [9.17, 15) is 26.4 Å². The number of anilines is 1. The maximum Gasteiger partial charge on any atom is 0.387 e. The first kappa shape index (κ1) is 31.4. The summed E-state index contributed by atoms with van der Waals surface area (Å²) < 4.78 is 71.4. The fourth-order valence-electron chi connectivity index (χ4n) is 4.80. The Kier molecular flexibility index (Phi) is 9.59. The van der Waals surface area contributed by atoms with Crippen molar-refractivity contribution in [2.45, 2.75) is 78.6 Å². The Morgan fingerprint density at radius 2 is 1.88 bits per heavy atom. The summed E-state index contributed by atoms with van der Waals surface area (Å²) in [7, 11) is -3.72. The van der Waals surface area contributed by atoms with Crippen molar-refractivity contribution in [2.24, 2.45) is 23.5 Å². The molecule has 2 aromatic rings. The van der Waals surface area contributed by atoms with Gasteiger partial charge in [0.05, 0.1) is 10.3 Å². The van der Waals surface area contributed by atoms with Crippen LogP contribution in [0.2, 0.25) is 0 Å². The van der Waals surface area contributed by atoms with Crippen LogP contribution in [0.4, 0.5) is 19.0 Å². The van der Waals surface area contributed by atoms with E-state index in [2.05, 4.69) is 21.4 Å². The highest BCUT2D eigenvalue weighted by molar-refractivity contribution is 7.94. The number of carbonyl (C=O) groups excluding carboxylic acids is 1. The van der Waals surface area contributed by atoms with E-state index in [-0.39, 0.29) is 22.9 Å². The van der Waals surface area contributed by atoms with E-state index in [0.29, 0.717) is 35.0 Å². The first-order chi connectivity index (χ1) is 18.6. The van der Waals surface area contributed by atoms with Crippen molar-refractivity contribution in [3.63, 3.8) is 0 Å². The van der Waals surface area contributed by atoms with Gasteiger partial charge in [-0.3, -0.25) is 9.52 Å². The van der Waals surface area contributed by atoms with Gasteiger partial charge in [0, 0.05) is 6.20 Å². The molecule has 1 fully saturated rings. The first-order valence-corrected chi connectivity index (χ1v) is 14.8. The van der Waals surface area contributed by atoms with E-state index in [1.54, 1.807) is 33.8 Å². The summed E-state index contributed by atoms with van der Waals surface area (Å²) in [5, 5.41) is 0. The van der Waals surface area contributed by atoms with Crippen molar-refractivity contribution in [1.82, 2.24) is 4.98 Å². The van der Waals surface area contributed by atoms with Crippen LogP contribution in [0.15, 0.2) is 30.5 Å². The van der Waals surface area contributed by atoms with Gasteiger partial charge in [-0.25, -0.2) is 17.8 Å². The van der Waals surface area contributed by atoms with Gasteiger partial charge in [-0.05, 0) is 118 Å². The number of nitrogens with zero attached hydrogens (tertiary/aromatic N) is 1. The van der Waals surface area contributed by atoms with Crippen molar-refractivity contribution < 1.29 is 31.1 Å². The van der Waals surface area contributed by atoms with Crippen molar-refractivity contribution in [3.05, 3.63) is 53.0 Å². The molecular weight excluding hydrogens is 543 g/mol. The van der Waals surface area contributed by atoms with Gasteiger partial charge in [0.15, 0.2) is 11.6 Å². The summed E-state index contributed by atoms with van der Waals surface area (Å²) in [5.74, 6) is -1.61. The predicted octanol–water partition coefficient (Wildman–Crippen LogP) is 6.53. The highest BCUT2D eigenvalue weighted by Crippen LogP contribution is 2.45. The quantitative estimate of drug-likeness (QED) is 0.277. The lowest BCUT2D eigenvalue weighted by atomic mass is 9.78. The van der Waals surface area contributed by atoms with Crippen molar-refractivity contribution >= 4 is 32.9 Å². The molecule has 7 nitrogen and oxygen atoms in total. The second kappa shape index (κ2) is 12.2. The van der Waals surface area contributed by atoms with Crippen molar-refractivity contribution in [1.29, 1.82) is 0 Å². The average Bonchev–Trinajstić information content (AvgIpc) is 3.68. The molecule has 3 N–H and O–H groups in total. The number of nitrogens with two attached hydrogens (primary N) is 1. The lowest BCUT2D eigenvalue weighted by Crippen LogP contribution is -2.33. The summed E-state index contributed by atoms with van der Waals surface area (Å²) in [6.45, 7) is 7.18. The molecule has 0 saturated heterocycles. The molecule has 0 bridgehead atoms. The van der Waals surface area contributed by atoms with E-state index in [4.69, 9.17) is 5.73 Å². The number of carbonyl (C=O) groups is 1. The van der Waals surface area contributed by atoms with Crippen LogP contribution in [0.25, 0.3) is 11.1 Å².